The van der Waals surface area contributed by atoms with E-state index in [0.29, 0.717) is 22.7 Å². The third kappa shape index (κ3) is 5.27. The number of anilines is 1. The molecule has 0 spiro atoms. The average Bonchev–Trinajstić information content (AvgIpc) is 3.41. The van der Waals surface area contributed by atoms with Crippen molar-refractivity contribution in [1.29, 1.82) is 0 Å². The molecule has 3 aromatic heterocycles. The molecule has 0 aliphatic carbocycles. The van der Waals surface area contributed by atoms with Crippen molar-refractivity contribution in [3.8, 4) is 22.6 Å². The van der Waals surface area contributed by atoms with E-state index in [-0.39, 0.29) is 11.7 Å². The number of halogens is 1. The molecule has 0 bridgehead atoms. The summed E-state index contributed by atoms with van der Waals surface area (Å²) in [6, 6.07) is 11.6. The number of thioether (sulfide) groups is 1. The molecule has 4 rings (SSSR count). The van der Waals surface area contributed by atoms with Gasteiger partial charge in [0.15, 0.2) is 16.1 Å². The van der Waals surface area contributed by atoms with Gasteiger partial charge in [-0.2, -0.15) is 0 Å². The van der Waals surface area contributed by atoms with Crippen LogP contribution in [-0.2, 0) is 11.3 Å². The number of allylic oxidation sites excluding steroid dienone is 1. The molecule has 0 unspecified atom stereocenters. The first kappa shape index (κ1) is 21.4. The summed E-state index contributed by atoms with van der Waals surface area (Å²) >= 11 is 6.14. The van der Waals surface area contributed by atoms with E-state index in [1.807, 2.05) is 46.3 Å². The normalized spacial score (nSPS) is 10.7. The molecule has 7 nitrogen and oxygen atoms in total. The van der Waals surface area contributed by atoms with Crippen LogP contribution in [0.3, 0.4) is 0 Å². The van der Waals surface area contributed by atoms with Crippen LogP contribution >= 0.6 is 39.0 Å². The topological polar surface area (TPSA) is 85.6 Å². The number of nitrogens with one attached hydrogen (secondary N) is 1. The lowest BCUT2D eigenvalue weighted by molar-refractivity contribution is -0.113. The number of thiazole rings is 1. The molecule has 1 aromatic carbocycles. The molecular formula is C21H17BrN6OS2. The summed E-state index contributed by atoms with van der Waals surface area (Å²) < 4.78 is 2.93. The van der Waals surface area contributed by atoms with Crippen LogP contribution < -0.4 is 5.32 Å². The SMILES string of the molecule is C=CCn1c(SCC(=O)Nc2nc(-c3ccc(Br)cc3)cs2)nnc1-c1ccncc1. The second kappa shape index (κ2) is 9.99. The second-order valence-electron chi connectivity index (χ2n) is 6.32. The van der Waals surface area contributed by atoms with Crippen LogP contribution in [-0.4, -0.2) is 36.4 Å². The number of rotatable bonds is 8. The minimum absolute atomic E-state index is 0.152. The highest BCUT2D eigenvalue weighted by Gasteiger charge is 2.15. The minimum atomic E-state index is -0.152. The number of hydrogen-bond donors (Lipinski definition) is 1. The number of benzene rings is 1. The van der Waals surface area contributed by atoms with Crippen molar-refractivity contribution in [1.82, 2.24) is 24.7 Å². The molecule has 10 heteroatoms. The molecule has 0 fully saturated rings. The monoisotopic (exact) mass is 512 g/mol. The van der Waals surface area contributed by atoms with Gasteiger partial charge in [0.2, 0.25) is 5.91 Å². The summed E-state index contributed by atoms with van der Waals surface area (Å²) in [6.07, 6.45) is 5.19. The van der Waals surface area contributed by atoms with Crippen LogP contribution in [0.4, 0.5) is 5.13 Å². The van der Waals surface area contributed by atoms with E-state index in [1.165, 1.54) is 23.1 Å². The largest absolute Gasteiger partial charge is 0.301 e. The average molecular weight is 513 g/mol. The van der Waals surface area contributed by atoms with Gasteiger partial charge < -0.3 is 5.32 Å². The molecule has 0 radical (unpaired) electrons. The summed E-state index contributed by atoms with van der Waals surface area (Å²) in [4.78, 5) is 21.0. The van der Waals surface area contributed by atoms with Gasteiger partial charge in [0.25, 0.3) is 0 Å². The van der Waals surface area contributed by atoms with Crippen molar-refractivity contribution in [2.24, 2.45) is 0 Å². The molecule has 0 atom stereocenters. The lowest BCUT2D eigenvalue weighted by Gasteiger charge is -2.07. The summed E-state index contributed by atoms with van der Waals surface area (Å²) in [5.74, 6) is 0.753. The molecule has 1 amide bonds. The third-order valence-electron chi connectivity index (χ3n) is 4.19. The fourth-order valence-corrected chi connectivity index (χ4v) is 4.52. The zero-order valence-electron chi connectivity index (χ0n) is 16.2. The number of pyridine rings is 1. The number of nitrogens with zero attached hydrogens (tertiary/aromatic N) is 5. The van der Waals surface area contributed by atoms with Crippen molar-refractivity contribution in [2.75, 3.05) is 11.1 Å². The van der Waals surface area contributed by atoms with Gasteiger partial charge in [0, 0.05) is 39.9 Å². The Morgan fingerprint density at radius 3 is 2.68 bits per heavy atom. The highest BCUT2D eigenvalue weighted by molar-refractivity contribution is 9.10. The van der Waals surface area contributed by atoms with Gasteiger partial charge in [0.05, 0.1) is 11.4 Å². The zero-order chi connectivity index (χ0) is 21.6. The fourth-order valence-electron chi connectivity index (χ4n) is 2.77. The summed E-state index contributed by atoms with van der Waals surface area (Å²) in [5, 5.41) is 14.5. The van der Waals surface area contributed by atoms with Gasteiger partial charge in [0.1, 0.15) is 0 Å². The van der Waals surface area contributed by atoms with E-state index < -0.39 is 0 Å². The lowest BCUT2D eigenvalue weighted by Crippen LogP contribution is -2.14. The predicted octanol–water partition coefficient (Wildman–Crippen LogP) is 5.14. The molecule has 31 heavy (non-hydrogen) atoms. The number of carbonyl (C=O) groups is 1. The van der Waals surface area contributed by atoms with Crippen molar-refractivity contribution in [3.05, 3.63) is 71.3 Å². The quantitative estimate of drug-likeness (QED) is 0.259. The molecular weight excluding hydrogens is 496 g/mol. The Labute approximate surface area is 195 Å². The minimum Gasteiger partial charge on any atom is -0.301 e. The number of amides is 1. The highest BCUT2D eigenvalue weighted by Crippen LogP contribution is 2.27. The number of hydrogen-bond acceptors (Lipinski definition) is 7. The maximum Gasteiger partial charge on any atom is 0.236 e. The number of carbonyl (C=O) groups excluding carboxylic acids is 1. The Morgan fingerprint density at radius 2 is 1.94 bits per heavy atom. The Morgan fingerprint density at radius 1 is 1.16 bits per heavy atom. The first-order chi connectivity index (χ1) is 15.1. The summed E-state index contributed by atoms with van der Waals surface area (Å²) in [5.41, 5.74) is 2.73. The van der Waals surface area contributed by atoms with Gasteiger partial charge in [-0.25, -0.2) is 4.98 Å². The van der Waals surface area contributed by atoms with Crippen molar-refractivity contribution in [2.45, 2.75) is 11.7 Å². The highest BCUT2D eigenvalue weighted by atomic mass is 79.9. The van der Waals surface area contributed by atoms with Crippen LogP contribution in [0.25, 0.3) is 22.6 Å². The van der Waals surface area contributed by atoms with E-state index in [0.717, 1.165) is 21.3 Å². The Hall–Kier alpha value is -2.82. The first-order valence-electron chi connectivity index (χ1n) is 9.22. The van der Waals surface area contributed by atoms with Gasteiger partial charge in [-0.05, 0) is 24.3 Å². The molecule has 0 aliphatic heterocycles. The van der Waals surface area contributed by atoms with Gasteiger partial charge >= 0.3 is 0 Å². The van der Waals surface area contributed by atoms with E-state index in [4.69, 9.17) is 0 Å². The molecule has 156 valence electrons. The molecule has 0 saturated carbocycles. The predicted molar refractivity (Wildman–Crippen MR) is 128 cm³/mol. The smallest absolute Gasteiger partial charge is 0.236 e. The maximum atomic E-state index is 12.5. The molecule has 1 N–H and O–H groups in total. The fraction of sp³-hybridized carbons (Fsp3) is 0.0952. The van der Waals surface area contributed by atoms with Crippen LogP contribution in [0, 0.1) is 0 Å². The summed E-state index contributed by atoms with van der Waals surface area (Å²) in [7, 11) is 0. The molecule has 3 heterocycles. The van der Waals surface area contributed by atoms with Gasteiger partial charge in [-0.3, -0.25) is 14.3 Å². The molecule has 0 aliphatic rings. The zero-order valence-corrected chi connectivity index (χ0v) is 19.5. The van der Waals surface area contributed by atoms with E-state index >= 15 is 0 Å². The Balaban J connectivity index is 1.41. The van der Waals surface area contributed by atoms with Crippen LogP contribution in [0.2, 0.25) is 0 Å². The first-order valence-corrected chi connectivity index (χ1v) is 11.9. The van der Waals surface area contributed by atoms with Crippen LogP contribution in [0.5, 0.6) is 0 Å². The van der Waals surface area contributed by atoms with Gasteiger partial charge in [-0.1, -0.05) is 45.9 Å². The van der Waals surface area contributed by atoms with Crippen LogP contribution in [0.15, 0.2) is 76.5 Å². The van der Waals surface area contributed by atoms with Crippen molar-refractivity contribution in [3.63, 3.8) is 0 Å². The third-order valence-corrected chi connectivity index (χ3v) is 6.44. The molecule has 4 aromatic rings. The maximum absolute atomic E-state index is 12.5. The van der Waals surface area contributed by atoms with Crippen LogP contribution in [0.1, 0.15) is 0 Å². The van der Waals surface area contributed by atoms with Crippen molar-refractivity contribution < 1.29 is 4.79 Å². The van der Waals surface area contributed by atoms with E-state index in [2.05, 4.69) is 48.0 Å². The van der Waals surface area contributed by atoms with E-state index in [9.17, 15) is 4.79 Å². The molecule has 0 saturated heterocycles. The Bertz CT molecular complexity index is 1190. The Kier molecular flexibility index (Phi) is 6.90. The standard InChI is InChI=1S/C21H17BrN6OS2/c1-2-11-28-19(15-7-9-23-10-8-15)26-27-21(28)31-13-18(29)25-20-24-17(12-30-20)14-3-5-16(22)6-4-14/h2-10,12H,1,11,13H2,(H,24,25,29). The lowest BCUT2D eigenvalue weighted by atomic mass is 10.2. The number of aromatic nitrogens is 5. The van der Waals surface area contributed by atoms with Crippen molar-refractivity contribution >= 4 is 50.1 Å². The second-order valence-corrected chi connectivity index (χ2v) is 9.04. The summed E-state index contributed by atoms with van der Waals surface area (Å²) in [6.45, 7) is 4.35. The van der Waals surface area contributed by atoms with Gasteiger partial charge in [-0.15, -0.1) is 28.1 Å². The van der Waals surface area contributed by atoms with E-state index in [1.54, 1.807) is 18.5 Å².